The van der Waals surface area contributed by atoms with E-state index in [1.807, 2.05) is 26.8 Å². The number of aryl methyl sites for hydroxylation is 1. The number of carbonyl (C=O) groups is 1. The summed E-state index contributed by atoms with van der Waals surface area (Å²) in [6.07, 6.45) is 2.17. The van der Waals surface area contributed by atoms with Crippen LogP contribution in [-0.4, -0.2) is 28.6 Å². The van der Waals surface area contributed by atoms with E-state index in [1.54, 1.807) is 12.3 Å². The Morgan fingerprint density at radius 1 is 1.53 bits per heavy atom. The SMILES string of the molecule is Cc1cccnc1C(=O)NC(CCO)C(C)C. The van der Waals surface area contributed by atoms with Crippen molar-refractivity contribution in [1.29, 1.82) is 0 Å². The van der Waals surface area contributed by atoms with Crippen molar-refractivity contribution in [2.24, 2.45) is 5.92 Å². The summed E-state index contributed by atoms with van der Waals surface area (Å²) in [6.45, 7) is 5.97. The summed E-state index contributed by atoms with van der Waals surface area (Å²) in [4.78, 5) is 16.1. The molecule has 0 fully saturated rings. The standard InChI is InChI=1S/C13H20N2O2/c1-9(2)11(6-8-16)15-13(17)12-10(3)5-4-7-14-12/h4-5,7,9,11,16H,6,8H2,1-3H3,(H,15,17). The van der Waals surface area contributed by atoms with Gasteiger partial charge in [-0.1, -0.05) is 19.9 Å². The first-order valence-corrected chi connectivity index (χ1v) is 5.89. The largest absolute Gasteiger partial charge is 0.396 e. The Bertz CT molecular complexity index is 377. The molecule has 1 unspecified atom stereocenters. The van der Waals surface area contributed by atoms with Crippen molar-refractivity contribution in [2.75, 3.05) is 6.61 Å². The minimum atomic E-state index is -0.171. The number of pyridine rings is 1. The smallest absolute Gasteiger partial charge is 0.270 e. The van der Waals surface area contributed by atoms with Gasteiger partial charge in [-0.25, -0.2) is 0 Å². The summed E-state index contributed by atoms with van der Waals surface area (Å²) < 4.78 is 0. The molecule has 1 rings (SSSR count). The highest BCUT2D eigenvalue weighted by atomic mass is 16.3. The Morgan fingerprint density at radius 2 is 2.24 bits per heavy atom. The van der Waals surface area contributed by atoms with E-state index in [9.17, 15) is 4.79 Å². The van der Waals surface area contributed by atoms with Crippen LogP contribution in [-0.2, 0) is 0 Å². The Morgan fingerprint density at radius 3 is 2.76 bits per heavy atom. The average Bonchev–Trinajstić information content (AvgIpc) is 2.28. The van der Waals surface area contributed by atoms with Crippen molar-refractivity contribution in [3.05, 3.63) is 29.6 Å². The molecule has 0 saturated carbocycles. The normalized spacial score (nSPS) is 12.5. The van der Waals surface area contributed by atoms with E-state index >= 15 is 0 Å². The molecule has 0 radical (unpaired) electrons. The maximum absolute atomic E-state index is 12.0. The number of hydrogen-bond donors (Lipinski definition) is 2. The molecule has 94 valence electrons. The van der Waals surface area contributed by atoms with Gasteiger partial charge in [0.2, 0.25) is 0 Å². The molecular weight excluding hydrogens is 216 g/mol. The minimum absolute atomic E-state index is 0.0195. The van der Waals surface area contributed by atoms with Crippen LogP contribution in [0, 0.1) is 12.8 Å². The maximum Gasteiger partial charge on any atom is 0.270 e. The fraction of sp³-hybridized carbons (Fsp3) is 0.538. The van der Waals surface area contributed by atoms with E-state index in [1.165, 1.54) is 0 Å². The van der Waals surface area contributed by atoms with E-state index in [0.717, 1.165) is 5.56 Å². The molecule has 4 heteroatoms. The van der Waals surface area contributed by atoms with Crippen molar-refractivity contribution in [1.82, 2.24) is 10.3 Å². The number of nitrogens with one attached hydrogen (secondary N) is 1. The van der Waals surface area contributed by atoms with Crippen LogP contribution in [0.5, 0.6) is 0 Å². The lowest BCUT2D eigenvalue weighted by atomic mass is 10.0. The van der Waals surface area contributed by atoms with Crippen LogP contribution < -0.4 is 5.32 Å². The number of carbonyl (C=O) groups excluding carboxylic acids is 1. The topological polar surface area (TPSA) is 62.2 Å². The van der Waals surface area contributed by atoms with Gasteiger partial charge in [0.05, 0.1) is 0 Å². The molecule has 1 amide bonds. The van der Waals surface area contributed by atoms with Crippen LogP contribution in [0.25, 0.3) is 0 Å². The first kappa shape index (κ1) is 13.6. The Balaban J connectivity index is 2.74. The van der Waals surface area contributed by atoms with Gasteiger partial charge in [0.25, 0.3) is 5.91 Å². The predicted molar refractivity (Wildman–Crippen MR) is 66.8 cm³/mol. The van der Waals surface area contributed by atoms with Crippen LogP contribution >= 0.6 is 0 Å². The van der Waals surface area contributed by atoms with Gasteiger partial charge in [-0.15, -0.1) is 0 Å². The van der Waals surface area contributed by atoms with E-state index < -0.39 is 0 Å². The Kier molecular flexibility index (Phi) is 5.10. The second kappa shape index (κ2) is 6.35. The van der Waals surface area contributed by atoms with Crippen molar-refractivity contribution in [3.63, 3.8) is 0 Å². The van der Waals surface area contributed by atoms with Gasteiger partial charge in [0.1, 0.15) is 5.69 Å². The van der Waals surface area contributed by atoms with Crippen LogP contribution in [0.2, 0.25) is 0 Å². The lowest BCUT2D eigenvalue weighted by molar-refractivity contribution is 0.0911. The summed E-state index contributed by atoms with van der Waals surface area (Å²) in [7, 11) is 0. The van der Waals surface area contributed by atoms with Gasteiger partial charge in [-0.3, -0.25) is 9.78 Å². The molecule has 1 aromatic heterocycles. The molecular formula is C13H20N2O2. The van der Waals surface area contributed by atoms with Crippen LogP contribution in [0.1, 0.15) is 36.3 Å². The third-order valence-electron chi connectivity index (χ3n) is 2.79. The van der Waals surface area contributed by atoms with Crippen molar-refractivity contribution in [2.45, 2.75) is 33.2 Å². The summed E-state index contributed by atoms with van der Waals surface area (Å²) in [5.41, 5.74) is 1.31. The number of amides is 1. The highest BCUT2D eigenvalue weighted by Crippen LogP contribution is 2.08. The zero-order valence-electron chi connectivity index (χ0n) is 10.6. The Hall–Kier alpha value is -1.42. The first-order valence-electron chi connectivity index (χ1n) is 5.89. The first-order chi connectivity index (χ1) is 8.06. The van der Waals surface area contributed by atoms with Crippen molar-refractivity contribution >= 4 is 5.91 Å². The molecule has 17 heavy (non-hydrogen) atoms. The quantitative estimate of drug-likeness (QED) is 0.815. The van der Waals surface area contributed by atoms with E-state index in [-0.39, 0.29) is 24.5 Å². The highest BCUT2D eigenvalue weighted by Gasteiger charge is 2.18. The molecule has 0 aliphatic carbocycles. The Labute approximate surface area is 102 Å². The fourth-order valence-electron chi connectivity index (χ4n) is 1.67. The number of aliphatic hydroxyl groups is 1. The van der Waals surface area contributed by atoms with Gasteiger partial charge >= 0.3 is 0 Å². The molecule has 1 aromatic rings. The summed E-state index contributed by atoms with van der Waals surface area (Å²) in [5.74, 6) is 0.116. The third kappa shape index (κ3) is 3.82. The molecule has 2 N–H and O–H groups in total. The highest BCUT2D eigenvalue weighted by molar-refractivity contribution is 5.93. The number of hydrogen-bond acceptors (Lipinski definition) is 3. The molecule has 0 saturated heterocycles. The monoisotopic (exact) mass is 236 g/mol. The van der Waals surface area contributed by atoms with E-state index in [2.05, 4.69) is 10.3 Å². The van der Waals surface area contributed by atoms with Crippen molar-refractivity contribution < 1.29 is 9.90 Å². The van der Waals surface area contributed by atoms with Gasteiger partial charge in [0, 0.05) is 18.8 Å². The van der Waals surface area contributed by atoms with E-state index in [0.29, 0.717) is 12.1 Å². The number of nitrogens with zero attached hydrogens (tertiary/aromatic N) is 1. The molecule has 0 aromatic carbocycles. The molecule has 1 atom stereocenters. The minimum Gasteiger partial charge on any atom is -0.396 e. The lowest BCUT2D eigenvalue weighted by Gasteiger charge is -2.21. The summed E-state index contributed by atoms with van der Waals surface area (Å²) in [5, 5.41) is 11.9. The van der Waals surface area contributed by atoms with Crippen LogP contribution in [0.4, 0.5) is 0 Å². The van der Waals surface area contributed by atoms with Crippen molar-refractivity contribution in [3.8, 4) is 0 Å². The maximum atomic E-state index is 12.0. The molecule has 0 spiro atoms. The number of aliphatic hydroxyl groups excluding tert-OH is 1. The number of aromatic nitrogens is 1. The summed E-state index contributed by atoms with van der Waals surface area (Å²) >= 11 is 0. The van der Waals surface area contributed by atoms with Gasteiger partial charge in [-0.05, 0) is 30.9 Å². The zero-order chi connectivity index (χ0) is 12.8. The summed E-state index contributed by atoms with van der Waals surface area (Å²) in [6, 6.07) is 3.65. The predicted octanol–water partition coefficient (Wildman–Crippen LogP) is 1.53. The van der Waals surface area contributed by atoms with E-state index in [4.69, 9.17) is 5.11 Å². The third-order valence-corrected chi connectivity index (χ3v) is 2.79. The molecule has 1 heterocycles. The molecule has 0 aliphatic heterocycles. The van der Waals surface area contributed by atoms with Crippen LogP contribution in [0.15, 0.2) is 18.3 Å². The second-order valence-electron chi connectivity index (χ2n) is 4.51. The fourth-order valence-corrected chi connectivity index (χ4v) is 1.67. The zero-order valence-corrected chi connectivity index (χ0v) is 10.6. The van der Waals surface area contributed by atoms with Gasteiger partial charge < -0.3 is 10.4 Å². The van der Waals surface area contributed by atoms with Gasteiger partial charge in [-0.2, -0.15) is 0 Å². The van der Waals surface area contributed by atoms with Crippen LogP contribution in [0.3, 0.4) is 0 Å². The number of rotatable bonds is 5. The van der Waals surface area contributed by atoms with Gasteiger partial charge in [0.15, 0.2) is 0 Å². The molecule has 4 nitrogen and oxygen atoms in total. The lowest BCUT2D eigenvalue weighted by Crippen LogP contribution is -2.39. The molecule has 0 bridgehead atoms. The second-order valence-corrected chi connectivity index (χ2v) is 4.51. The average molecular weight is 236 g/mol. The molecule has 0 aliphatic rings.